The van der Waals surface area contributed by atoms with Crippen LogP contribution in [0.1, 0.15) is 43.3 Å². The van der Waals surface area contributed by atoms with E-state index in [0.29, 0.717) is 24.5 Å². The molecule has 3 heterocycles. The predicted molar refractivity (Wildman–Crippen MR) is 101 cm³/mol. The molecule has 134 valence electrons. The lowest BCUT2D eigenvalue weighted by molar-refractivity contribution is 0.508. The number of benzene rings is 1. The van der Waals surface area contributed by atoms with Crippen LogP contribution in [-0.4, -0.2) is 25.7 Å². The van der Waals surface area contributed by atoms with Crippen LogP contribution < -0.4 is 10.5 Å². The van der Waals surface area contributed by atoms with Gasteiger partial charge in [0, 0.05) is 29.7 Å². The molecule has 1 saturated carbocycles. The van der Waals surface area contributed by atoms with Crippen LogP contribution in [0.4, 0.5) is 5.69 Å². The molecule has 6 nitrogen and oxygen atoms in total. The summed E-state index contributed by atoms with van der Waals surface area (Å²) in [7, 11) is 0. The Morgan fingerprint density at radius 2 is 1.85 bits per heavy atom. The summed E-state index contributed by atoms with van der Waals surface area (Å²) in [6.45, 7) is 2.01. The van der Waals surface area contributed by atoms with E-state index in [1.165, 1.54) is 12.8 Å². The number of hydrogen-bond acceptors (Lipinski definition) is 4. The Hall–Kier alpha value is -2.34. The lowest BCUT2D eigenvalue weighted by atomic mass is 10.1. The van der Waals surface area contributed by atoms with E-state index in [1.54, 1.807) is 15.3 Å². The molecule has 2 aliphatic rings. The Bertz CT molecular complexity index is 1020. The summed E-state index contributed by atoms with van der Waals surface area (Å²) in [5.41, 5.74) is 1.70. The third-order valence-electron chi connectivity index (χ3n) is 5.59. The molecule has 2 aromatic heterocycles. The third-order valence-corrected chi connectivity index (χ3v) is 5.85. The largest absolute Gasteiger partial charge is 0.362 e. The minimum atomic E-state index is 0.0162. The normalized spacial score (nSPS) is 17.8. The van der Waals surface area contributed by atoms with Crippen molar-refractivity contribution in [3.8, 4) is 0 Å². The number of hydrogen-bond donors (Lipinski definition) is 0. The minimum Gasteiger partial charge on any atom is -0.362 e. The van der Waals surface area contributed by atoms with E-state index in [4.69, 9.17) is 16.7 Å². The summed E-state index contributed by atoms with van der Waals surface area (Å²) in [5.74, 6) is 2.16. The van der Waals surface area contributed by atoms with Gasteiger partial charge in [-0.25, -0.2) is 9.50 Å². The Kier molecular flexibility index (Phi) is 3.74. The van der Waals surface area contributed by atoms with Crippen molar-refractivity contribution in [2.45, 2.75) is 44.7 Å². The van der Waals surface area contributed by atoms with Gasteiger partial charge in [0.25, 0.3) is 5.56 Å². The van der Waals surface area contributed by atoms with Gasteiger partial charge in [0.05, 0.1) is 12.7 Å². The van der Waals surface area contributed by atoms with E-state index in [1.807, 2.05) is 24.3 Å². The SMILES string of the molecule is O=c1c2cnc(C3CCCC3)n2nc2n1CCN(c1ccc(Cl)cc1)C2. The van der Waals surface area contributed by atoms with Crippen molar-refractivity contribution in [3.05, 3.63) is 57.5 Å². The number of fused-ring (bicyclic) bond motifs is 2. The quantitative estimate of drug-likeness (QED) is 0.696. The molecule has 0 atom stereocenters. The third kappa shape index (κ3) is 2.51. The molecule has 0 bridgehead atoms. The molecular formula is C19H20ClN5O. The second-order valence-electron chi connectivity index (χ2n) is 7.17. The highest BCUT2D eigenvalue weighted by Gasteiger charge is 2.26. The molecule has 0 N–H and O–H groups in total. The standard InChI is InChI=1S/C19H20ClN5O/c20-14-5-7-15(8-6-14)23-9-10-24-17(12-23)22-25-16(19(24)26)11-21-18(25)13-3-1-2-4-13/h5-8,11,13H,1-4,9-10,12H2. The fourth-order valence-electron chi connectivity index (χ4n) is 4.19. The highest BCUT2D eigenvalue weighted by molar-refractivity contribution is 6.30. The molecule has 26 heavy (non-hydrogen) atoms. The first-order valence-electron chi connectivity index (χ1n) is 9.18. The zero-order valence-electron chi connectivity index (χ0n) is 14.4. The van der Waals surface area contributed by atoms with Crippen LogP contribution in [0, 0.1) is 0 Å². The number of halogens is 1. The van der Waals surface area contributed by atoms with Crippen molar-refractivity contribution < 1.29 is 0 Å². The topological polar surface area (TPSA) is 55.4 Å². The number of nitrogens with zero attached hydrogens (tertiary/aromatic N) is 5. The van der Waals surface area contributed by atoms with Gasteiger partial charge in [0.15, 0.2) is 11.3 Å². The van der Waals surface area contributed by atoms with Crippen LogP contribution in [0.25, 0.3) is 5.52 Å². The lowest BCUT2D eigenvalue weighted by Crippen LogP contribution is -2.41. The van der Waals surface area contributed by atoms with Gasteiger partial charge in [-0.1, -0.05) is 24.4 Å². The number of imidazole rings is 1. The van der Waals surface area contributed by atoms with Crippen molar-refractivity contribution >= 4 is 22.8 Å². The van der Waals surface area contributed by atoms with Crippen LogP contribution in [0.5, 0.6) is 0 Å². The molecule has 5 rings (SSSR count). The predicted octanol–water partition coefficient (Wildman–Crippen LogP) is 3.22. The zero-order chi connectivity index (χ0) is 17.7. The van der Waals surface area contributed by atoms with Crippen LogP contribution >= 0.6 is 11.6 Å². The van der Waals surface area contributed by atoms with E-state index in [0.717, 1.165) is 41.7 Å². The van der Waals surface area contributed by atoms with Crippen molar-refractivity contribution in [1.82, 2.24) is 19.2 Å². The summed E-state index contributed by atoms with van der Waals surface area (Å²) in [6, 6.07) is 7.80. The molecule has 0 amide bonds. The average Bonchev–Trinajstić information content (AvgIpc) is 3.31. The molecule has 0 unspecified atom stereocenters. The summed E-state index contributed by atoms with van der Waals surface area (Å²) in [4.78, 5) is 19.7. The van der Waals surface area contributed by atoms with E-state index in [2.05, 4.69) is 9.88 Å². The Balaban J connectivity index is 1.56. The minimum absolute atomic E-state index is 0.0162. The molecule has 1 aliphatic carbocycles. The second-order valence-corrected chi connectivity index (χ2v) is 7.60. The van der Waals surface area contributed by atoms with Gasteiger partial charge in [0.2, 0.25) is 0 Å². The molecule has 3 aromatic rings. The summed E-state index contributed by atoms with van der Waals surface area (Å²) in [5, 5.41) is 5.55. The molecule has 0 saturated heterocycles. The Labute approximate surface area is 156 Å². The van der Waals surface area contributed by atoms with Crippen LogP contribution in [0.3, 0.4) is 0 Å². The number of aromatic nitrogens is 4. The van der Waals surface area contributed by atoms with Crippen molar-refractivity contribution in [3.63, 3.8) is 0 Å². The first-order valence-corrected chi connectivity index (χ1v) is 9.56. The summed E-state index contributed by atoms with van der Waals surface area (Å²) in [6.07, 6.45) is 6.43. The van der Waals surface area contributed by atoms with E-state index >= 15 is 0 Å². The van der Waals surface area contributed by atoms with Crippen LogP contribution in [0.15, 0.2) is 35.3 Å². The van der Waals surface area contributed by atoms with E-state index in [-0.39, 0.29) is 5.56 Å². The molecule has 7 heteroatoms. The van der Waals surface area contributed by atoms with Crippen molar-refractivity contribution in [2.75, 3.05) is 11.4 Å². The summed E-state index contributed by atoms with van der Waals surface area (Å²) < 4.78 is 3.59. The van der Waals surface area contributed by atoms with Gasteiger partial charge in [-0.2, -0.15) is 5.10 Å². The molecule has 1 aliphatic heterocycles. The molecular weight excluding hydrogens is 350 g/mol. The van der Waals surface area contributed by atoms with Crippen LogP contribution in [-0.2, 0) is 13.1 Å². The molecule has 0 radical (unpaired) electrons. The zero-order valence-corrected chi connectivity index (χ0v) is 15.2. The number of rotatable bonds is 2. The average molecular weight is 370 g/mol. The first kappa shape index (κ1) is 15.9. The molecule has 0 spiro atoms. The maximum absolute atomic E-state index is 12.9. The molecule has 1 aromatic carbocycles. The Morgan fingerprint density at radius 1 is 1.08 bits per heavy atom. The number of anilines is 1. The van der Waals surface area contributed by atoms with Gasteiger partial charge in [-0.15, -0.1) is 0 Å². The highest BCUT2D eigenvalue weighted by atomic mass is 35.5. The fraction of sp³-hybridized carbons (Fsp3) is 0.421. The molecule has 1 fully saturated rings. The maximum atomic E-state index is 12.9. The van der Waals surface area contributed by atoms with Gasteiger partial charge < -0.3 is 4.90 Å². The highest BCUT2D eigenvalue weighted by Crippen LogP contribution is 2.33. The monoisotopic (exact) mass is 369 g/mol. The lowest BCUT2D eigenvalue weighted by Gasteiger charge is -2.30. The van der Waals surface area contributed by atoms with Gasteiger partial charge in [0.1, 0.15) is 5.82 Å². The van der Waals surface area contributed by atoms with E-state index < -0.39 is 0 Å². The smallest absolute Gasteiger partial charge is 0.279 e. The summed E-state index contributed by atoms with van der Waals surface area (Å²) >= 11 is 6.00. The van der Waals surface area contributed by atoms with Crippen LogP contribution in [0.2, 0.25) is 5.02 Å². The maximum Gasteiger partial charge on any atom is 0.279 e. The van der Waals surface area contributed by atoms with Crippen molar-refractivity contribution in [1.29, 1.82) is 0 Å². The van der Waals surface area contributed by atoms with Crippen molar-refractivity contribution in [2.24, 2.45) is 0 Å². The van der Waals surface area contributed by atoms with Gasteiger partial charge >= 0.3 is 0 Å². The first-order chi connectivity index (χ1) is 12.7. The van der Waals surface area contributed by atoms with E-state index in [9.17, 15) is 4.79 Å². The second kappa shape index (κ2) is 6.13. The Morgan fingerprint density at radius 3 is 2.62 bits per heavy atom. The van der Waals surface area contributed by atoms with Gasteiger partial charge in [-0.05, 0) is 37.1 Å². The van der Waals surface area contributed by atoms with Gasteiger partial charge in [-0.3, -0.25) is 9.36 Å². The fourth-order valence-corrected chi connectivity index (χ4v) is 4.31.